The number of guanidine groups is 1. The van der Waals surface area contributed by atoms with Gasteiger partial charge in [-0.1, -0.05) is 36.8 Å². The molecule has 1 unspecified atom stereocenters. The van der Waals surface area contributed by atoms with E-state index < -0.39 is 0 Å². The minimum atomic E-state index is 0. The third-order valence-corrected chi connectivity index (χ3v) is 5.05. The fourth-order valence-corrected chi connectivity index (χ4v) is 3.34. The molecule has 1 aliphatic rings. The molecule has 6 nitrogen and oxygen atoms in total. The van der Waals surface area contributed by atoms with E-state index in [1.807, 2.05) is 0 Å². The van der Waals surface area contributed by atoms with E-state index in [1.165, 1.54) is 11.1 Å². The fraction of sp³-hybridized carbons (Fsp3) is 0.619. The maximum atomic E-state index is 11.5. The summed E-state index contributed by atoms with van der Waals surface area (Å²) in [4.78, 5) is 18.5. The standard InChI is InChI=1S/C21H35N5O.HI/c1-5-23-21(24-14-17(3)18-8-6-7-16(2)13-18)25-19-9-11-26(12-10-19)15-20(27)22-4;/h6-8,13,17,19H,5,9-12,14-15H2,1-4H3,(H,22,27)(H2,23,24,25);1H. The van der Waals surface area contributed by atoms with Crippen LogP contribution in [0.3, 0.4) is 0 Å². The third kappa shape index (κ3) is 8.34. The topological polar surface area (TPSA) is 68.8 Å². The van der Waals surface area contributed by atoms with Crippen molar-refractivity contribution < 1.29 is 4.79 Å². The fourth-order valence-electron chi connectivity index (χ4n) is 3.34. The number of hydrogen-bond acceptors (Lipinski definition) is 3. The minimum absolute atomic E-state index is 0. The molecule has 28 heavy (non-hydrogen) atoms. The van der Waals surface area contributed by atoms with Crippen molar-refractivity contribution in [2.75, 3.05) is 39.8 Å². The highest BCUT2D eigenvalue weighted by atomic mass is 127. The first-order valence-electron chi connectivity index (χ1n) is 10.1. The van der Waals surface area contributed by atoms with Crippen LogP contribution >= 0.6 is 24.0 Å². The highest BCUT2D eigenvalue weighted by Gasteiger charge is 2.21. The Kier molecular flexibility index (Phi) is 11.4. The van der Waals surface area contributed by atoms with Crippen LogP contribution in [0.25, 0.3) is 0 Å². The molecule has 1 aromatic rings. The highest BCUT2D eigenvalue weighted by Crippen LogP contribution is 2.17. The van der Waals surface area contributed by atoms with E-state index in [-0.39, 0.29) is 29.9 Å². The maximum Gasteiger partial charge on any atom is 0.233 e. The molecule has 0 spiro atoms. The summed E-state index contributed by atoms with van der Waals surface area (Å²) < 4.78 is 0. The predicted molar refractivity (Wildman–Crippen MR) is 128 cm³/mol. The Balaban J connectivity index is 0.00000392. The molecule has 0 aromatic heterocycles. The average molecular weight is 501 g/mol. The molecule has 0 bridgehead atoms. The van der Waals surface area contributed by atoms with Crippen LogP contribution < -0.4 is 16.0 Å². The number of likely N-dealkylation sites (N-methyl/N-ethyl adjacent to an activating group) is 1. The van der Waals surface area contributed by atoms with E-state index in [1.54, 1.807) is 7.05 Å². The number of halogens is 1. The lowest BCUT2D eigenvalue weighted by Gasteiger charge is -2.32. The zero-order valence-electron chi connectivity index (χ0n) is 17.6. The SMILES string of the molecule is CCNC(=NCC(C)c1cccc(C)c1)NC1CCN(CC(=O)NC)CC1.I. The lowest BCUT2D eigenvalue weighted by molar-refractivity contribution is -0.122. The Bertz CT molecular complexity index is 629. The first kappa shape index (κ1) is 24.7. The summed E-state index contributed by atoms with van der Waals surface area (Å²) in [5, 5.41) is 9.63. The molecular formula is C21H36IN5O. The predicted octanol–water partition coefficient (Wildman–Crippen LogP) is 2.48. The summed E-state index contributed by atoms with van der Waals surface area (Å²) in [7, 11) is 1.69. The van der Waals surface area contributed by atoms with Gasteiger partial charge in [-0.25, -0.2) is 0 Å². The number of amides is 1. The second kappa shape index (κ2) is 13.0. The van der Waals surface area contributed by atoms with Crippen molar-refractivity contribution in [2.45, 2.75) is 45.6 Å². The highest BCUT2D eigenvalue weighted by molar-refractivity contribution is 14.0. The van der Waals surface area contributed by atoms with E-state index in [0.29, 0.717) is 18.5 Å². The third-order valence-electron chi connectivity index (χ3n) is 5.05. The van der Waals surface area contributed by atoms with Gasteiger partial charge in [-0.2, -0.15) is 0 Å². The first-order valence-corrected chi connectivity index (χ1v) is 10.1. The lowest BCUT2D eigenvalue weighted by atomic mass is 10.00. The summed E-state index contributed by atoms with van der Waals surface area (Å²) in [5.74, 6) is 1.36. The van der Waals surface area contributed by atoms with Gasteiger partial charge in [0.05, 0.1) is 6.54 Å². The normalized spacial score (nSPS) is 16.8. The summed E-state index contributed by atoms with van der Waals surface area (Å²) in [6.07, 6.45) is 2.05. The zero-order valence-corrected chi connectivity index (χ0v) is 20.0. The van der Waals surface area contributed by atoms with Crippen LogP contribution in [-0.2, 0) is 4.79 Å². The number of hydrogen-bond donors (Lipinski definition) is 3. The summed E-state index contributed by atoms with van der Waals surface area (Å²) in [6.45, 7) is 10.4. The molecule has 1 saturated heterocycles. The van der Waals surface area contributed by atoms with Crippen LogP contribution in [-0.4, -0.2) is 62.6 Å². The second-order valence-corrected chi connectivity index (χ2v) is 7.40. The average Bonchev–Trinajstić information content (AvgIpc) is 2.67. The van der Waals surface area contributed by atoms with E-state index in [2.05, 4.69) is 65.9 Å². The Hall–Kier alpha value is -1.35. The summed E-state index contributed by atoms with van der Waals surface area (Å²) in [6, 6.07) is 9.05. The monoisotopic (exact) mass is 501 g/mol. The van der Waals surface area contributed by atoms with Crippen LogP contribution in [0.2, 0.25) is 0 Å². The van der Waals surface area contributed by atoms with Gasteiger partial charge < -0.3 is 16.0 Å². The largest absolute Gasteiger partial charge is 0.358 e. The van der Waals surface area contributed by atoms with Crippen LogP contribution in [0.4, 0.5) is 0 Å². The first-order chi connectivity index (χ1) is 13.0. The number of carbonyl (C=O) groups excluding carboxylic acids is 1. The van der Waals surface area contributed by atoms with Crippen LogP contribution in [0.15, 0.2) is 29.3 Å². The van der Waals surface area contributed by atoms with Gasteiger partial charge in [-0.3, -0.25) is 14.7 Å². The number of benzene rings is 1. The van der Waals surface area contributed by atoms with Crippen molar-refractivity contribution in [1.82, 2.24) is 20.9 Å². The van der Waals surface area contributed by atoms with Crippen molar-refractivity contribution in [3.8, 4) is 0 Å². The number of rotatable bonds is 7. The van der Waals surface area contributed by atoms with E-state index >= 15 is 0 Å². The molecule has 1 aliphatic heterocycles. The van der Waals surface area contributed by atoms with Crippen molar-refractivity contribution in [3.63, 3.8) is 0 Å². The number of aryl methyl sites for hydroxylation is 1. The molecule has 2 rings (SSSR count). The van der Waals surface area contributed by atoms with E-state index in [4.69, 9.17) is 4.99 Å². The number of nitrogens with zero attached hydrogens (tertiary/aromatic N) is 2. The Labute approximate surface area is 187 Å². The number of aliphatic imine (C=N–C) groups is 1. The van der Waals surface area contributed by atoms with Gasteiger partial charge >= 0.3 is 0 Å². The van der Waals surface area contributed by atoms with Crippen molar-refractivity contribution in [3.05, 3.63) is 35.4 Å². The van der Waals surface area contributed by atoms with E-state index in [0.717, 1.165) is 45.0 Å². The van der Waals surface area contributed by atoms with Gasteiger partial charge in [0.2, 0.25) is 5.91 Å². The lowest BCUT2D eigenvalue weighted by Crippen LogP contribution is -2.50. The van der Waals surface area contributed by atoms with Crippen LogP contribution in [0.1, 0.15) is 43.7 Å². The number of piperidine rings is 1. The van der Waals surface area contributed by atoms with Gasteiger partial charge in [-0.05, 0) is 32.3 Å². The van der Waals surface area contributed by atoms with E-state index in [9.17, 15) is 4.79 Å². The summed E-state index contributed by atoms with van der Waals surface area (Å²) >= 11 is 0. The molecule has 1 heterocycles. The Morgan fingerprint density at radius 1 is 1.32 bits per heavy atom. The Morgan fingerprint density at radius 3 is 2.64 bits per heavy atom. The molecular weight excluding hydrogens is 465 g/mol. The van der Waals surface area contributed by atoms with Crippen LogP contribution in [0, 0.1) is 6.92 Å². The Morgan fingerprint density at radius 2 is 2.04 bits per heavy atom. The van der Waals surface area contributed by atoms with Crippen LogP contribution in [0.5, 0.6) is 0 Å². The molecule has 0 aliphatic carbocycles. The molecule has 0 saturated carbocycles. The van der Waals surface area contributed by atoms with Gasteiger partial charge in [0, 0.05) is 45.2 Å². The molecule has 158 valence electrons. The van der Waals surface area contributed by atoms with Gasteiger partial charge in [0.15, 0.2) is 5.96 Å². The van der Waals surface area contributed by atoms with Crippen molar-refractivity contribution in [1.29, 1.82) is 0 Å². The molecule has 1 fully saturated rings. The molecule has 1 atom stereocenters. The minimum Gasteiger partial charge on any atom is -0.358 e. The maximum absolute atomic E-state index is 11.5. The molecule has 1 aromatic carbocycles. The summed E-state index contributed by atoms with van der Waals surface area (Å²) in [5.41, 5.74) is 2.62. The van der Waals surface area contributed by atoms with Crippen molar-refractivity contribution >= 4 is 35.8 Å². The number of carbonyl (C=O) groups is 1. The molecule has 0 radical (unpaired) electrons. The van der Waals surface area contributed by atoms with Gasteiger partial charge in [0.25, 0.3) is 0 Å². The second-order valence-electron chi connectivity index (χ2n) is 7.40. The molecule has 7 heteroatoms. The quantitative estimate of drug-likeness (QED) is 0.305. The molecule has 1 amide bonds. The van der Waals surface area contributed by atoms with Gasteiger partial charge in [0.1, 0.15) is 0 Å². The number of nitrogens with one attached hydrogen (secondary N) is 3. The zero-order chi connectivity index (χ0) is 19.6. The number of likely N-dealkylation sites (tertiary alicyclic amines) is 1. The smallest absolute Gasteiger partial charge is 0.233 e. The van der Waals surface area contributed by atoms with Gasteiger partial charge in [-0.15, -0.1) is 24.0 Å². The van der Waals surface area contributed by atoms with Crippen molar-refractivity contribution in [2.24, 2.45) is 4.99 Å². The molecule has 3 N–H and O–H groups in total.